The molecule has 0 aliphatic carbocycles. The van der Waals surface area contributed by atoms with Crippen LogP contribution in [0.4, 0.5) is 0 Å². The SMILES string of the molecule is CCCCCCCCNC(=O)COCC(=O)N(CCCCCCCC)CCCCCCCC. The maximum absolute atomic E-state index is 12.7. The third kappa shape index (κ3) is 22.5. The number of amides is 2. The average Bonchev–Trinajstić information content (AvgIpc) is 2.81. The van der Waals surface area contributed by atoms with Gasteiger partial charge in [-0.25, -0.2) is 0 Å². The third-order valence-electron chi connectivity index (χ3n) is 6.23. The number of carbonyl (C=O) groups excluding carboxylic acids is 2. The zero-order valence-corrected chi connectivity index (χ0v) is 22.4. The van der Waals surface area contributed by atoms with Crippen LogP contribution in [-0.4, -0.2) is 49.6 Å². The first kappa shape index (κ1) is 31.9. The van der Waals surface area contributed by atoms with Gasteiger partial charge in [-0.05, 0) is 19.3 Å². The molecule has 0 bridgehead atoms. The molecule has 1 N–H and O–H groups in total. The summed E-state index contributed by atoms with van der Waals surface area (Å²) in [6.45, 7) is 8.99. The van der Waals surface area contributed by atoms with E-state index in [1.54, 1.807) is 0 Å². The van der Waals surface area contributed by atoms with Gasteiger partial charge in [0.25, 0.3) is 0 Å². The summed E-state index contributed by atoms with van der Waals surface area (Å²) in [5.74, 6) is -0.0874. The highest BCUT2D eigenvalue weighted by atomic mass is 16.5. The summed E-state index contributed by atoms with van der Waals surface area (Å²) in [6, 6.07) is 0. The van der Waals surface area contributed by atoms with E-state index in [1.807, 2.05) is 4.90 Å². The van der Waals surface area contributed by atoms with Gasteiger partial charge in [-0.3, -0.25) is 9.59 Å². The van der Waals surface area contributed by atoms with E-state index in [0.717, 1.165) is 38.8 Å². The van der Waals surface area contributed by atoms with E-state index in [4.69, 9.17) is 4.74 Å². The Labute approximate surface area is 205 Å². The van der Waals surface area contributed by atoms with Gasteiger partial charge in [-0.1, -0.05) is 117 Å². The molecule has 0 atom stereocenters. The molecule has 0 heterocycles. The van der Waals surface area contributed by atoms with Crippen LogP contribution >= 0.6 is 0 Å². The minimum Gasteiger partial charge on any atom is -0.362 e. The van der Waals surface area contributed by atoms with Crippen molar-refractivity contribution in [1.29, 1.82) is 0 Å². The van der Waals surface area contributed by atoms with E-state index in [2.05, 4.69) is 26.1 Å². The van der Waals surface area contributed by atoms with Gasteiger partial charge in [0.15, 0.2) is 0 Å². The lowest BCUT2D eigenvalue weighted by Gasteiger charge is -2.23. The summed E-state index contributed by atoms with van der Waals surface area (Å²) in [7, 11) is 0. The van der Waals surface area contributed by atoms with Crippen LogP contribution in [0.2, 0.25) is 0 Å². The molecule has 0 rings (SSSR count). The highest BCUT2D eigenvalue weighted by molar-refractivity contribution is 5.79. The lowest BCUT2D eigenvalue weighted by atomic mass is 10.1. The second kappa shape index (κ2) is 25.5. The number of nitrogens with zero attached hydrogens (tertiary/aromatic N) is 1. The Morgan fingerprint density at radius 2 is 1.00 bits per heavy atom. The van der Waals surface area contributed by atoms with Gasteiger partial charge in [0.2, 0.25) is 11.8 Å². The van der Waals surface area contributed by atoms with Crippen molar-refractivity contribution in [1.82, 2.24) is 10.2 Å². The Morgan fingerprint density at radius 3 is 1.48 bits per heavy atom. The summed E-state index contributed by atoms with van der Waals surface area (Å²) in [5, 5.41) is 2.90. The van der Waals surface area contributed by atoms with Crippen LogP contribution in [0, 0.1) is 0 Å². The van der Waals surface area contributed by atoms with Gasteiger partial charge in [0, 0.05) is 19.6 Å². The second-order valence-electron chi connectivity index (χ2n) is 9.53. The van der Waals surface area contributed by atoms with Crippen molar-refractivity contribution in [2.45, 2.75) is 136 Å². The van der Waals surface area contributed by atoms with Crippen LogP contribution in [0.3, 0.4) is 0 Å². The Hall–Kier alpha value is -1.10. The Kier molecular flexibility index (Phi) is 24.7. The molecule has 0 radical (unpaired) electrons. The van der Waals surface area contributed by atoms with Gasteiger partial charge in [0.1, 0.15) is 13.2 Å². The Balaban J connectivity index is 4.09. The van der Waals surface area contributed by atoms with Crippen molar-refractivity contribution < 1.29 is 14.3 Å². The van der Waals surface area contributed by atoms with Crippen molar-refractivity contribution in [3.63, 3.8) is 0 Å². The number of ether oxygens (including phenoxy) is 1. The minimum atomic E-state index is -0.116. The fourth-order valence-corrected chi connectivity index (χ4v) is 4.03. The largest absolute Gasteiger partial charge is 0.362 e. The van der Waals surface area contributed by atoms with Crippen molar-refractivity contribution in [3.05, 3.63) is 0 Å². The zero-order valence-electron chi connectivity index (χ0n) is 22.4. The Morgan fingerprint density at radius 1 is 0.576 bits per heavy atom. The first-order valence-corrected chi connectivity index (χ1v) is 14.3. The molecule has 0 saturated carbocycles. The number of nitrogens with one attached hydrogen (secondary N) is 1. The van der Waals surface area contributed by atoms with Gasteiger partial charge in [0.05, 0.1) is 0 Å². The quantitative estimate of drug-likeness (QED) is 0.146. The second-order valence-corrected chi connectivity index (χ2v) is 9.53. The first-order chi connectivity index (χ1) is 16.2. The molecular formula is C28H56N2O3. The molecule has 5 nitrogen and oxygen atoms in total. The molecule has 0 aromatic carbocycles. The molecule has 0 saturated heterocycles. The van der Waals surface area contributed by atoms with Gasteiger partial charge < -0.3 is 15.0 Å². The van der Waals surface area contributed by atoms with Crippen LogP contribution in [-0.2, 0) is 14.3 Å². The predicted molar refractivity (Wildman–Crippen MR) is 141 cm³/mol. The van der Waals surface area contributed by atoms with Crippen LogP contribution in [0.25, 0.3) is 0 Å². The lowest BCUT2D eigenvalue weighted by Crippen LogP contribution is -2.37. The smallest absolute Gasteiger partial charge is 0.248 e. The van der Waals surface area contributed by atoms with Crippen molar-refractivity contribution >= 4 is 11.8 Å². The maximum Gasteiger partial charge on any atom is 0.248 e. The van der Waals surface area contributed by atoms with Gasteiger partial charge >= 0.3 is 0 Å². The maximum atomic E-state index is 12.7. The van der Waals surface area contributed by atoms with E-state index in [1.165, 1.54) is 89.9 Å². The summed E-state index contributed by atoms with van der Waals surface area (Å²) >= 11 is 0. The van der Waals surface area contributed by atoms with Gasteiger partial charge in [-0.15, -0.1) is 0 Å². The highest BCUT2D eigenvalue weighted by Gasteiger charge is 2.14. The molecule has 0 aromatic rings. The monoisotopic (exact) mass is 468 g/mol. The van der Waals surface area contributed by atoms with Crippen molar-refractivity contribution in [2.24, 2.45) is 0 Å². The normalized spacial score (nSPS) is 11.0. The lowest BCUT2D eigenvalue weighted by molar-refractivity contribution is -0.138. The van der Waals surface area contributed by atoms with Crippen molar-refractivity contribution in [2.75, 3.05) is 32.8 Å². The summed E-state index contributed by atoms with van der Waals surface area (Å²) in [6.07, 6.45) is 21.9. The molecule has 0 aromatic heterocycles. The zero-order chi connectivity index (χ0) is 24.4. The topological polar surface area (TPSA) is 58.6 Å². The molecular weight excluding hydrogens is 412 g/mol. The minimum absolute atomic E-state index is 0.0100. The molecule has 196 valence electrons. The van der Waals surface area contributed by atoms with E-state index in [0.29, 0.717) is 6.54 Å². The van der Waals surface area contributed by atoms with Gasteiger partial charge in [-0.2, -0.15) is 0 Å². The number of carbonyl (C=O) groups is 2. The molecule has 0 spiro atoms. The number of hydrogen-bond donors (Lipinski definition) is 1. The fourth-order valence-electron chi connectivity index (χ4n) is 4.03. The molecule has 0 fully saturated rings. The summed E-state index contributed by atoms with van der Waals surface area (Å²) < 4.78 is 5.46. The van der Waals surface area contributed by atoms with E-state index in [9.17, 15) is 9.59 Å². The van der Waals surface area contributed by atoms with Crippen molar-refractivity contribution in [3.8, 4) is 0 Å². The third-order valence-corrected chi connectivity index (χ3v) is 6.23. The predicted octanol–water partition coefficient (Wildman–Crippen LogP) is 7.03. The number of rotatable bonds is 25. The van der Waals surface area contributed by atoms with E-state index < -0.39 is 0 Å². The van der Waals surface area contributed by atoms with Crippen LogP contribution in [0.15, 0.2) is 0 Å². The van der Waals surface area contributed by atoms with E-state index in [-0.39, 0.29) is 25.0 Å². The molecule has 0 aliphatic rings. The molecule has 5 heteroatoms. The first-order valence-electron chi connectivity index (χ1n) is 14.3. The molecule has 0 unspecified atom stereocenters. The van der Waals surface area contributed by atoms with Crippen LogP contribution in [0.5, 0.6) is 0 Å². The number of unbranched alkanes of at least 4 members (excludes halogenated alkanes) is 15. The summed E-state index contributed by atoms with van der Waals surface area (Å²) in [4.78, 5) is 26.6. The van der Waals surface area contributed by atoms with Crippen LogP contribution in [0.1, 0.15) is 136 Å². The number of hydrogen-bond acceptors (Lipinski definition) is 3. The fraction of sp³-hybridized carbons (Fsp3) is 0.929. The highest BCUT2D eigenvalue weighted by Crippen LogP contribution is 2.09. The average molecular weight is 469 g/mol. The molecule has 2 amide bonds. The molecule has 33 heavy (non-hydrogen) atoms. The van der Waals surface area contributed by atoms with E-state index >= 15 is 0 Å². The van der Waals surface area contributed by atoms with Crippen LogP contribution < -0.4 is 5.32 Å². The summed E-state index contributed by atoms with van der Waals surface area (Å²) in [5.41, 5.74) is 0. The molecule has 0 aliphatic heterocycles. The Bertz CT molecular complexity index is 427. The standard InChI is InChI=1S/C28H56N2O3/c1-4-7-10-13-16-19-22-29-27(31)25-33-26-28(32)30(23-20-17-14-11-8-5-2)24-21-18-15-12-9-6-3/h4-26H2,1-3H3,(H,29,31).